The first-order valence-corrected chi connectivity index (χ1v) is 5.71. The van der Waals surface area contributed by atoms with Crippen molar-refractivity contribution >= 4 is 40.2 Å². The monoisotopic (exact) mass is 297 g/mol. The van der Waals surface area contributed by atoms with Crippen LogP contribution in [0.1, 0.15) is 6.42 Å². The zero-order valence-corrected chi connectivity index (χ0v) is 10.4. The van der Waals surface area contributed by atoms with Gasteiger partial charge in [-0.05, 0) is 12.1 Å². The standard InChI is InChI=1S/C10H8Cl2F3N3/c11-5-3-7-8(4-6(5)12)18(9(16)17-7)2-1-10(13,14)15/h3-4H,1-2H2,(H2,16,17). The SMILES string of the molecule is Nc1nc2cc(Cl)c(Cl)cc2n1CCC(F)(F)F. The maximum atomic E-state index is 12.2. The minimum atomic E-state index is -4.25. The quantitative estimate of drug-likeness (QED) is 0.914. The lowest BCUT2D eigenvalue weighted by Crippen LogP contribution is -2.13. The molecule has 1 heterocycles. The molecule has 0 atom stereocenters. The predicted molar refractivity (Wildman–Crippen MR) is 64.8 cm³/mol. The highest BCUT2D eigenvalue weighted by atomic mass is 35.5. The largest absolute Gasteiger partial charge is 0.390 e. The third kappa shape index (κ3) is 2.64. The molecular formula is C10H8Cl2F3N3. The van der Waals surface area contributed by atoms with Crippen molar-refractivity contribution < 1.29 is 13.2 Å². The molecule has 0 saturated carbocycles. The number of alkyl halides is 3. The number of hydrogen-bond acceptors (Lipinski definition) is 2. The van der Waals surface area contributed by atoms with Crippen LogP contribution in [0, 0.1) is 0 Å². The second kappa shape index (κ2) is 4.51. The Balaban J connectivity index is 2.44. The van der Waals surface area contributed by atoms with Gasteiger partial charge in [-0.3, -0.25) is 0 Å². The first kappa shape index (κ1) is 13.3. The van der Waals surface area contributed by atoms with E-state index in [4.69, 9.17) is 28.9 Å². The van der Waals surface area contributed by atoms with Crippen molar-refractivity contribution in [1.29, 1.82) is 0 Å². The molecule has 2 N–H and O–H groups in total. The number of anilines is 1. The highest BCUT2D eigenvalue weighted by Crippen LogP contribution is 2.30. The van der Waals surface area contributed by atoms with Crippen molar-refractivity contribution in [2.75, 3.05) is 5.73 Å². The van der Waals surface area contributed by atoms with Crippen molar-refractivity contribution in [3.63, 3.8) is 0 Å². The maximum Gasteiger partial charge on any atom is 0.390 e. The molecule has 0 radical (unpaired) electrons. The average molecular weight is 298 g/mol. The number of hydrogen-bond donors (Lipinski definition) is 1. The number of aromatic nitrogens is 2. The fourth-order valence-corrected chi connectivity index (χ4v) is 1.93. The summed E-state index contributed by atoms with van der Waals surface area (Å²) in [5.41, 5.74) is 6.44. The van der Waals surface area contributed by atoms with E-state index >= 15 is 0 Å². The van der Waals surface area contributed by atoms with E-state index < -0.39 is 12.6 Å². The second-order valence-electron chi connectivity index (χ2n) is 3.74. The van der Waals surface area contributed by atoms with E-state index in [2.05, 4.69) is 4.98 Å². The van der Waals surface area contributed by atoms with E-state index in [0.29, 0.717) is 11.0 Å². The van der Waals surface area contributed by atoms with Gasteiger partial charge in [-0.2, -0.15) is 13.2 Å². The second-order valence-corrected chi connectivity index (χ2v) is 4.56. The lowest BCUT2D eigenvalue weighted by Gasteiger charge is -2.09. The Labute approximate surface area is 110 Å². The van der Waals surface area contributed by atoms with Gasteiger partial charge in [0.2, 0.25) is 5.95 Å². The van der Waals surface area contributed by atoms with Gasteiger partial charge in [-0.25, -0.2) is 4.98 Å². The average Bonchev–Trinajstić information content (AvgIpc) is 2.51. The van der Waals surface area contributed by atoms with Gasteiger partial charge in [0.15, 0.2) is 0 Å². The van der Waals surface area contributed by atoms with Crippen molar-refractivity contribution in [2.45, 2.75) is 19.1 Å². The molecule has 3 nitrogen and oxygen atoms in total. The third-order valence-electron chi connectivity index (χ3n) is 2.44. The molecule has 0 fully saturated rings. The van der Waals surface area contributed by atoms with E-state index in [1.165, 1.54) is 16.7 Å². The molecule has 8 heteroatoms. The molecule has 18 heavy (non-hydrogen) atoms. The smallest absolute Gasteiger partial charge is 0.369 e. The van der Waals surface area contributed by atoms with E-state index in [9.17, 15) is 13.2 Å². The Morgan fingerprint density at radius 2 is 1.83 bits per heavy atom. The fourth-order valence-electron chi connectivity index (χ4n) is 1.61. The first-order valence-electron chi connectivity index (χ1n) is 4.95. The molecule has 0 saturated heterocycles. The van der Waals surface area contributed by atoms with E-state index in [1.54, 1.807) is 0 Å². The van der Waals surface area contributed by atoms with Crippen LogP contribution in [0.15, 0.2) is 12.1 Å². The summed E-state index contributed by atoms with van der Waals surface area (Å²) in [6.45, 7) is -0.302. The Kier molecular flexibility index (Phi) is 3.33. The minimum absolute atomic E-state index is 0.00702. The number of rotatable bonds is 2. The highest BCUT2D eigenvalue weighted by Gasteiger charge is 2.27. The molecule has 1 aromatic carbocycles. The zero-order chi connectivity index (χ0) is 13.5. The minimum Gasteiger partial charge on any atom is -0.369 e. The van der Waals surface area contributed by atoms with Crippen LogP contribution in [0.3, 0.4) is 0 Å². The molecule has 0 aliphatic carbocycles. The molecular weight excluding hydrogens is 290 g/mol. The van der Waals surface area contributed by atoms with Crippen LogP contribution < -0.4 is 5.73 Å². The lowest BCUT2D eigenvalue weighted by molar-refractivity contribution is -0.136. The molecule has 0 amide bonds. The predicted octanol–water partition coefficient (Wildman–Crippen LogP) is 3.88. The number of nitrogen functional groups attached to an aromatic ring is 1. The van der Waals surface area contributed by atoms with Crippen LogP contribution in [0.25, 0.3) is 11.0 Å². The molecule has 2 rings (SSSR count). The fraction of sp³-hybridized carbons (Fsp3) is 0.300. The molecule has 0 bridgehead atoms. The summed E-state index contributed by atoms with van der Waals surface area (Å²) in [5.74, 6) is 0.00702. The van der Waals surface area contributed by atoms with Crippen molar-refractivity contribution in [1.82, 2.24) is 9.55 Å². The summed E-state index contributed by atoms with van der Waals surface area (Å²) in [6.07, 6.45) is -5.23. The normalized spacial score (nSPS) is 12.3. The van der Waals surface area contributed by atoms with Gasteiger partial charge >= 0.3 is 6.18 Å². The van der Waals surface area contributed by atoms with Gasteiger partial charge in [0.25, 0.3) is 0 Å². The first-order chi connectivity index (χ1) is 8.28. The van der Waals surface area contributed by atoms with E-state index in [1.807, 2.05) is 0 Å². The van der Waals surface area contributed by atoms with Gasteiger partial charge in [0, 0.05) is 6.54 Å². The van der Waals surface area contributed by atoms with E-state index in [0.717, 1.165) is 0 Å². The Morgan fingerprint density at radius 3 is 2.44 bits per heavy atom. The molecule has 2 aromatic rings. The van der Waals surface area contributed by atoms with Gasteiger partial charge in [0.05, 0.1) is 27.5 Å². The van der Waals surface area contributed by atoms with Gasteiger partial charge in [0.1, 0.15) is 0 Å². The number of nitrogens with two attached hydrogens (primary N) is 1. The van der Waals surface area contributed by atoms with Crippen LogP contribution in [-0.4, -0.2) is 15.7 Å². The highest BCUT2D eigenvalue weighted by molar-refractivity contribution is 6.42. The number of fused-ring (bicyclic) bond motifs is 1. The van der Waals surface area contributed by atoms with Crippen LogP contribution in [0.2, 0.25) is 10.0 Å². The Bertz CT molecular complexity index is 592. The van der Waals surface area contributed by atoms with Gasteiger partial charge < -0.3 is 10.3 Å². The van der Waals surface area contributed by atoms with Crippen LogP contribution in [0.5, 0.6) is 0 Å². The lowest BCUT2D eigenvalue weighted by atomic mass is 10.3. The summed E-state index contributed by atoms with van der Waals surface area (Å²) in [4.78, 5) is 3.95. The molecule has 0 unspecified atom stereocenters. The van der Waals surface area contributed by atoms with Crippen LogP contribution in [0.4, 0.5) is 19.1 Å². The Hall–Kier alpha value is -1.14. The molecule has 98 valence electrons. The number of halogens is 5. The zero-order valence-electron chi connectivity index (χ0n) is 8.93. The topological polar surface area (TPSA) is 43.8 Å². The summed E-state index contributed by atoms with van der Waals surface area (Å²) in [5, 5.41) is 0.530. The Morgan fingerprint density at radius 1 is 1.22 bits per heavy atom. The van der Waals surface area contributed by atoms with Gasteiger partial charge in [-0.1, -0.05) is 23.2 Å². The molecule has 1 aromatic heterocycles. The summed E-state index contributed by atoms with van der Waals surface area (Å²) in [7, 11) is 0. The molecule has 0 aliphatic heterocycles. The van der Waals surface area contributed by atoms with Crippen LogP contribution in [-0.2, 0) is 6.54 Å². The number of aryl methyl sites for hydroxylation is 1. The summed E-state index contributed by atoms with van der Waals surface area (Å²) < 4.78 is 37.9. The summed E-state index contributed by atoms with van der Waals surface area (Å²) >= 11 is 11.6. The molecule has 0 aliphatic rings. The summed E-state index contributed by atoms with van der Waals surface area (Å²) in [6, 6.07) is 2.93. The number of nitrogens with zero attached hydrogens (tertiary/aromatic N) is 2. The van der Waals surface area contributed by atoms with Crippen molar-refractivity contribution in [3.05, 3.63) is 22.2 Å². The van der Waals surface area contributed by atoms with Crippen molar-refractivity contribution in [3.8, 4) is 0 Å². The number of benzene rings is 1. The van der Waals surface area contributed by atoms with Crippen molar-refractivity contribution in [2.24, 2.45) is 0 Å². The third-order valence-corrected chi connectivity index (χ3v) is 3.16. The van der Waals surface area contributed by atoms with Crippen LogP contribution >= 0.6 is 23.2 Å². The maximum absolute atomic E-state index is 12.2. The van der Waals surface area contributed by atoms with E-state index in [-0.39, 0.29) is 22.5 Å². The van der Waals surface area contributed by atoms with Gasteiger partial charge in [-0.15, -0.1) is 0 Å². The number of imidazole rings is 1. The molecule has 0 spiro atoms.